The molecule has 0 atom stereocenters. The van der Waals surface area contributed by atoms with Gasteiger partial charge in [-0.3, -0.25) is 0 Å². The van der Waals surface area contributed by atoms with Crippen LogP contribution < -0.4 is 0 Å². The highest BCUT2D eigenvalue weighted by atomic mass is 32.2. The van der Waals surface area contributed by atoms with E-state index in [1.807, 2.05) is 11.8 Å². The van der Waals surface area contributed by atoms with E-state index in [9.17, 15) is 0 Å². The number of rotatable bonds is 0. The first kappa shape index (κ1) is 7.44. The molecule has 0 N–H and O–H groups in total. The summed E-state index contributed by atoms with van der Waals surface area (Å²) in [7, 11) is 2.20. The molecule has 2 aliphatic rings. The van der Waals surface area contributed by atoms with Crippen molar-refractivity contribution >= 4 is 11.8 Å². The lowest BCUT2D eigenvalue weighted by molar-refractivity contribution is 0.358. The molecule has 2 heterocycles. The molecule has 2 heteroatoms. The Kier molecular flexibility index (Phi) is 2.05. The molecule has 0 fully saturated rings. The summed E-state index contributed by atoms with van der Waals surface area (Å²) < 4.78 is 0. The highest BCUT2D eigenvalue weighted by Gasteiger charge is 2.16. The van der Waals surface area contributed by atoms with Crippen LogP contribution in [0.25, 0.3) is 0 Å². The Balaban J connectivity index is 2.19. The summed E-state index contributed by atoms with van der Waals surface area (Å²) in [6.07, 6.45) is 5.82. The van der Waals surface area contributed by atoms with Gasteiger partial charge < -0.3 is 4.90 Å². The first-order valence-electron chi connectivity index (χ1n) is 4.06. The van der Waals surface area contributed by atoms with Gasteiger partial charge in [-0.05, 0) is 19.0 Å². The fraction of sp³-hybridized carbons (Fsp3) is 0.556. The smallest absolute Gasteiger partial charge is 0.0293 e. The summed E-state index contributed by atoms with van der Waals surface area (Å²) >= 11 is 2.00. The maximum absolute atomic E-state index is 2.39. The fourth-order valence-electron chi connectivity index (χ4n) is 1.53. The molecule has 11 heavy (non-hydrogen) atoms. The molecule has 2 aliphatic heterocycles. The van der Waals surface area contributed by atoms with Crippen LogP contribution in [-0.4, -0.2) is 30.8 Å². The maximum Gasteiger partial charge on any atom is 0.0293 e. The summed E-state index contributed by atoms with van der Waals surface area (Å²) in [5, 5.41) is 0. The van der Waals surface area contributed by atoms with E-state index in [1.165, 1.54) is 25.3 Å². The molecule has 0 saturated heterocycles. The van der Waals surface area contributed by atoms with Crippen LogP contribution >= 0.6 is 11.8 Å². The third-order valence-electron chi connectivity index (χ3n) is 2.21. The quantitative estimate of drug-likeness (QED) is 0.542. The molecular weight excluding hydrogens is 154 g/mol. The summed E-state index contributed by atoms with van der Waals surface area (Å²) in [5.74, 6) is 1.17. The van der Waals surface area contributed by atoms with Crippen LogP contribution in [0.4, 0.5) is 0 Å². The van der Waals surface area contributed by atoms with Crippen LogP contribution in [-0.2, 0) is 0 Å². The Bertz CT molecular complexity index is 218. The van der Waals surface area contributed by atoms with Gasteiger partial charge in [0.05, 0.1) is 0 Å². The molecule has 0 bridgehead atoms. The molecule has 1 nitrogen and oxygen atoms in total. The Morgan fingerprint density at radius 1 is 1.55 bits per heavy atom. The molecule has 2 rings (SSSR count). The van der Waals surface area contributed by atoms with E-state index in [0.29, 0.717) is 0 Å². The Morgan fingerprint density at radius 2 is 2.45 bits per heavy atom. The van der Waals surface area contributed by atoms with Gasteiger partial charge in [0.2, 0.25) is 0 Å². The molecule has 0 aromatic heterocycles. The molecule has 0 radical (unpaired) electrons. The van der Waals surface area contributed by atoms with E-state index < -0.39 is 0 Å². The van der Waals surface area contributed by atoms with Crippen LogP contribution in [0.15, 0.2) is 22.6 Å². The zero-order valence-corrected chi connectivity index (χ0v) is 7.66. The standard InChI is InChI=1S/C9H13NS/c1-10-5-4-8-3-2-6-11-9(8)7-10/h2-3H,4-7H2,1H3. The number of hydrogen-bond acceptors (Lipinski definition) is 2. The van der Waals surface area contributed by atoms with Gasteiger partial charge >= 0.3 is 0 Å². The van der Waals surface area contributed by atoms with Gasteiger partial charge in [0.25, 0.3) is 0 Å². The topological polar surface area (TPSA) is 3.24 Å². The number of likely N-dealkylation sites (N-methyl/N-ethyl adjacent to an activating group) is 1. The van der Waals surface area contributed by atoms with Gasteiger partial charge in [-0.15, -0.1) is 11.8 Å². The minimum Gasteiger partial charge on any atom is -0.301 e. The molecule has 0 aliphatic carbocycles. The van der Waals surface area contributed by atoms with Crippen molar-refractivity contribution < 1.29 is 0 Å². The van der Waals surface area contributed by atoms with E-state index >= 15 is 0 Å². The maximum atomic E-state index is 2.39. The van der Waals surface area contributed by atoms with Crippen LogP contribution in [0, 0.1) is 0 Å². The van der Waals surface area contributed by atoms with E-state index in [0.717, 1.165) is 0 Å². The van der Waals surface area contributed by atoms with Crippen molar-refractivity contribution in [3.8, 4) is 0 Å². The third kappa shape index (κ3) is 1.52. The first-order valence-corrected chi connectivity index (χ1v) is 5.05. The van der Waals surface area contributed by atoms with Gasteiger partial charge in [-0.2, -0.15) is 0 Å². The predicted molar refractivity (Wildman–Crippen MR) is 50.7 cm³/mol. The van der Waals surface area contributed by atoms with Gasteiger partial charge in [0, 0.05) is 23.7 Å². The first-order chi connectivity index (χ1) is 5.36. The monoisotopic (exact) mass is 167 g/mol. The number of allylic oxidation sites excluding steroid dienone is 1. The highest BCUT2D eigenvalue weighted by molar-refractivity contribution is 8.03. The Morgan fingerprint density at radius 3 is 3.36 bits per heavy atom. The van der Waals surface area contributed by atoms with Gasteiger partial charge in [-0.1, -0.05) is 12.2 Å². The van der Waals surface area contributed by atoms with Crippen molar-refractivity contribution in [2.24, 2.45) is 0 Å². The zero-order valence-electron chi connectivity index (χ0n) is 6.84. The lowest BCUT2D eigenvalue weighted by atomic mass is 10.1. The second-order valence-electron chi connectivity index (χ2n) is 3.15. The summed E-state index contributed by atoms with van der Waals surface area (Å²) in [6, 6.07) is 0. The minimum atomic E-state index is 1.17. The van der Waals surface area contributed by atoms with Crippen LogP contribution in [0.3, 0.4) is 0 Å². The number of nitrogens with zero attached hydrogens (tertiary/aromatic N) is 1. The number of hydrogen-bond donors (Lipinski definition) is 0. The van der Waals surface area contributed by atoms with Gasteiger partial charge in [0.1, 0.15) is 0 Å². The lowest BCUT2D eigenvalue weighted by Crippen LogP contribution is -2.27. The molecule has 0 aromatic rings. The molecular formula is C9H13NS. The van der Waals surface area contributed by atoms with Crippen molar-refractivity contribution in [1.82, 2.24) is 4.90 Å². The molecule has 60 valence electrons. The SMILES string of the molecule is CN1CCC2=C(C1)SCC=C2. The second-order valence-corrected chi connectivity index (χ2v) is 4.26. The average Bonchev–Trinajstić information content (AvgIpc) is 2.04. The highest BCUT2D eigenvalue weighted by Crippen LogP contribution is 2.30. The normalized spacial score (nSPS) is 25.5. The fourth-order valence-corrected chi connectivity index (χ4v) is 2.59. The second kappa shape index (κ2) is 3.03. The lowest BCUT2D eigenvalue weighted by Gasteiger charge is -2.27. The van der Waals surface area contributed by atoms with Crippen LogP contribution in [0.1, 0.15) is 6.42 Å². The van der Waals surface area contributed by atoms with Crippen LogP contribution in [0.2, 0.25) is 0 Å². The van der Waals surface area contributed by atoms with Gasteiger partial charge in [0.15, 0.2) is 0 Å². The Labute approximate surface area is 72.2 Å². The van der Waals surface area contributed by atoms with Crippen molar-refractivity contribution in [2.75, 3.05) is 25.9 Å². The summed E-state index contributed by atoms with van der Waals surface area (Å²) in [5.41, 5.74) is 1.58. The van der Waals surface area contributed by atoms with Crippen molar-refractivity contribution in [3.63, 3.8) is 0 Å². The molecule has 0 aromatic carbocycles. The van der Waals surface area contributed by atoms with Crippen molar-refractivity contribution in [1.29, 1.82) is 0 Å². The van der Waals surface area contributed by atoms with Crippen molar-refractivity contribution in [2.45, 2.75) is 6.42 Å². The predicted octanol–water partition coefficient (Wildman–Crippen LogP) is 1.88. The molecule has 0 saturated carbocycles. The molecule has 0 amide bonds. The third-order valence-corrected chi connectivity index (χ3v) is 3.31. The average molecular weight is 167 g/mol. The molecule has 0 unspecified atom stereocenters. The van der Waals surface area contributed by atoms with Gasteiger partial charge in [-0.25, -0.2) is 0 Å². The summed E-state index contributed by atoms with van der Waals surface area (Å²) in [6.45, 7) is 2.40. The minimum absolute atomic E-state index is 1.17. The van der Waals surface area contributed by atoms with E-state index in [2.05, 4.69) is 24.1 Å². The Hall–Kier alpha value is -0.210. The molecule has 0 spiro atoms. The van der Waals surface area contributed by atoms with E-state index in [-0.39, 0.29) is 0 Å². The largest absolute Gasteiger partial charge is 0.301 e. The van der Waals surface area contributed by atoms with E-state index in [4.69, 9.17) is 0 Å². The number of thioether (sulfide) groups is 1. The van der Waals surface area contributed by atoms with Crippen LogP contribution in [0.5, 0.6) is 0 Å². The van der Waals surface area contributed by atoms with Crippen molar-refractivity contribution in [3.05, 3.63) is 22.6 Å². The zero-order chi connectivity index (χ0) is 7.68. The summed E-state index contributed by atoms with van der Waals surface area (Å²) in [4.78, 5) is 3.99. The van der Waals surface area contributed by atoms with E-state index in [1.54, 1.807) is 10.5 Å².